The van der Waals surface area contributed by atoms with Crippen LogP contribution in [0.2, 0.25) is 0 Å². The summed E-state index contributed by atoms with van der Waals surface area (Å²) in [6.45, 7) is 0.257. The van der Waals surface area contributed by atoms with Crippen LogP contribution >= 0.6 is 0 Å². The number of aromatic nitrogens is 2. The zero-order valence-electron chi connectivity index (χ0n) is 9.37. The summed E-state index contributed by atoms with van der Waals surface area (Å²) < 4.78 is 6.32. The van der Waals surface area contributed by atoms with Gasteiger partial charge in [-0.3, -0.25) is 9.48 Å². The van der Waals surface area contributed by atoms with Crippen molar-refractivity contribution in [1.29, 1.82) is 0 Å². The third kappa shape index (κ3) is 2.97. The molecule has 7 heteroatoms. The first-order valence-electron chi connectivity index (χ1n) is 5.21. The monoisotopic (exact) mass is 249 g/mol. The molecule has 0 radical (unpaired) electrons. The van der Waals surface area contributed by atoms with Crippen molar-refractivity contribution in [1.82, 2.24) is 15.1 Å². The molecular weight excluding hydrogens is 238 g/mol. The van der Waals surface area contributed by atoms with E-state index in [-0.39, 0.29) is 18.1 Å². The van der Waals surface area contributed by atoms with E-state index >= 15 is 0 Å². The minimum absolute atomic E-state index is 0.0337. The van der Waals surface area contributed by atoms with Crippen molar-refractivity contribution >= 4 is 11.9 Å². The molecule has 18 heavy (non-hydrogen) atoms. The molecule has 0 atom stereocenters. The van der Waals surface area contributed by atoms with Gasteiger partial charge in [-0.1, -0.05) is 0 Å². The first-order valence-corrected chi connectivity index (χ1v) is 5.21. The van der Waals surface area contributed by atoms with Gasteiger partial charge in [-0.2, -0.15) is 5.10 Å². The lowest BCUT2D eigenvalue weighted by Gasteiger charge is -2.03. The molecule has 0 saturated heterocycles. The fraction of sp³-hybridized carbons (Fsp3) is 0.182. The van der Waals surface area contributed by atoms with E-state index in [9.17, 15) is 9.59 Å². The maximum atomic E-state index is 11.5. The Balaban J connectivity index is 1.85. The Hall–Kier alpha value is -2.57. The highest BCUT2D eigenvalue weighted by Gasteiger charge is 2.09. The normalized spacial score (nSPS) is 10.2. The van der Waals surface area contributed by atoms with Crippen molar-refractivity contribution in [3.05, 3.63) is 42.1 Å². The predicted octanol–water partition coefficient (Wildman–Crippen LogP) is 0.491. The number of carbonyl (C=O) groups excluding carboxylic acids is 1. The molecule has 0 spiro atoms. The van der Waals surface area contributed by atoms with Gasteiger partial charge in [-0.25, -0.2) is 4.79 Å². The average molecular weight is 249 g/mol. The Kier molecular flexibility index (Phi) is 3.42. The van der Waals surface area contributed by atoms with Crippen LogP contribution < -0.4 is 5.32 Å². The number of rotatable bonds is 5. The number of aromatic carboxylic acids is 1. The highest BCUT2D eigenvalue weighted by atomic mass is 16.4. The van der Waals surface area contributed by atoms with Gasteiger partial charge in [0.2, 0.25) is 5.91 Å². The standard InChI is InChI=1S/C11H11N3O4/c15-10(12-6-8-2-1-5-18-8)7-14-4-3-9(13-14)11(16)17/h1-5H,6-7H2,(H,12,15)(H,16,17). The van der Waals surface area contributed by atoms with Crippen LogP contribution in [0.15, 0.2) is 35.1 Å². The van der Waals surface area contributed by atoms with E-state index in [1.54, 1.807) is 12.1 Å². The van der Waals surface area contributed by atoms with E-state index in [0.29, 0.717) is 12.3 Å². The third-order valence-electron chi connectivity index (χ3n) is 2.21. The number of hydrogen-bond donors (Lipinski definition) is 2. The molecule has 94 valence electrons. The molecule has 0 fully saturated rings. The van der Waals surface area contributed by atoms with Gasteiger partial charge in [-0.15, -0.1) is 0 Å². The van der Waals surface area contributed by atoms with Crippen molar-refractivity contribution in [3.8, 4) is 0 Å². The predicted molar refractivity (Wildman–Crippen MR) is 59.7 cm³/mol. The Morgan fingerprint density at radius 1 is 1.44 bits per heavy atom. The second-order valence-electron chi connectivity index (χ2n) is 3.56. The summed E-state index contributed by atoms with van der Waals surface area (Å²) >= 11 is 0. The van der Waals surface area contributed by atoms with E-state index in [1.165, 1.54) is 23.2 Å². The largest absolute Gasteiger partial charge is 0.476 e. The molecular formula is C11H11N3O4. The molecule has 0 aliphatic heterocycles. The SMILES string of the molecule is O=C(Cn1ccc(C(=O)O)n1)NCc1ccco1. The van der Waals surface area contributed by atoms with Crippen LogP contribution in [0.5, 0.6) is 0 Å². The van der Waals surface area contributed by atoms with Gasteiger partial charge >= 0.3 is 5.97 Å². The van der Waals surface area contributed by atoms with Gasteiger partial charge in [0, 0.05) is 6.20 Å². The Morgan fingerprint density at radius 3 is 2.89 bits per heavy atom. The highest BCUT2D eigenvalue weighted by molar-refractivity contribution is 5.85. The zero-order chi connectivity index (χ0) is 13.0. The molecule has 0 aromatic carbocycles. The molecule has 1 amide bonds. The Morgan fingerprint density at radius 2 is 2.28 bits per heavy atom. The number of amides is 1. The zero-order valence-corrected chi connectivity index (χ0v) is 9.37. The molecule has 7 nitrogen and oxygen atoms in total. The Bertz CT molecular complexity index is 544. The maximum Gasteiger partial charge on any atom is 0.356 e. The van der Waals surface area contributed by atoms with Crippen molar-refractivity contribution in [3.63, 3.8) is 0 Å². The van der Waals surface area contributed by atoms with Crippen molar-refractivity contribution in [2.75, 3.05) is 0 Å². The molecule has 2 aromatic heterocycles. The smallest absolute Gasteiger partial charge is 0.356 e. The van der Waals surface area contributed by atoms with Crippen LogP contribution in [0, 0.1) is 0 Å². The number of hydrogen-bond acceptors (Lipinski definition) is 4. The molecule has 2 rings (SSSR count). The first-order chi connectivity index (χ1) is 8.65. The minimum Gasteiger partial charge on any atom is -0.476 e. The van der Waals surface area contributed by atoms with Gasteiger partial charge in [0.25, 0.3) is 0 Å². The highest BCUT2D eigenvalue weighted by Crippen LogP contribution is 1.99. The van der Waals surface area contributed by atoms with Gasteiger partial charge in [0.15, 0.2) is 5.69 Å². The molecule has 2 heterocycles. The number of carboxylic acid groups (broad SMARTS) is 1. The molecule has 0 saturated carbocycles. The summed E-state index contributed by atoms with van der Waals surface area (Å²) in [6, 6.07) is 4.81. The van der Waals surface area contributed by atoms with Crippen molar-refractivity contribution in [2.24, 2.45) is 0 Å². The number of furan rings is 1. The first kappa shape index (κ1) is 11.9. The van der Waals surface area contributed by atoms with Gasteiger partial charge in [-0.05, 0) is 18.2 Å². The molecule has 0 bridgehead atoms. The van der Waals surface area contributed by atoms with Crippen molar-refractivity contribution in [2.45, 2.75) is 13.1 Å². The lowest BCUT2D eigenvalue weighted by molar-refractivity contribution is -0.122. The van der Waals surface area contributed by atoms with E-state index in [1.807, 2.05) is 0 Å². The molecule has 2 N–H and O–H groups in total. The fourth-order valence-corrected chi connectivity index (χ4v) is 1.37. The minimum atomic E-state index is -1.12. The summed E-state index contributed by atoms with van der Waals surface area (Å²) in [5.41, 5.74) is -0.0890. The molecule has 0 aliphatic carbocycles. The van der Waals surface area contributed by atoms with Gasteiger partial charge in [0.05, 0.1) is 12.8 Å². The second kappa shape index (κ2) is 5.17. The number of nitrogens with one attached hydrogen (secondary N) is 1. The molecule has 0 aliphatic rings. The van der Waals surface area contributed by atoms with Crippen LogP contribution in [0.25, 0.3) is 0 Å². The third-order valence-corrected chi connectivity index (χ3v) is 2.21. The second-order valence-corrected chi connectivity index (χ2v) is 3.56. The lowest BCUT2D eigenvalue weighted by atomic mass is 10.4. The van der Waals surface area contributed by atoms with E-state index in [4.69, 9.17) is 9.52 Å². The lowest BCUT2D eigenvalue weighted by Crippen LogP contribution is -2.27. The van der Waals surface area contributed by atoms with E-state index < -0.39 is 5.97 Å². The van der Waals surface area contributed by atoms with Crippen LogP contribution in [0.4, 0.5) is 0 Å². The van der Waals surface area contributed by atoms with E-state index in [2.05, 4.69) is 10.4 Å². The topological polar surface area (TPSA) is 97.4 Å². The summed E-state index contributed by atoms with van der Waals surface area (Å²) in [4.78, 5) is 22.1. The molecule has 2 aromatic rings. The van der Waals surface area contributed by atoms with Crippen molar-refractivity contribution < 1.29 is 19.1 Å². The molecule has 0 unspecified atom stereocenters. The quantitative estimate of drug-likeness (QED) is 0.803. The van der Waals surface area contributed by atoms with Crippen LogP contribution in [0.1, 0.15) is 16.2 Å². The summed E-state index contributed by atoms with van der Waals surface area (Å²) in [5, 5.41) is 15.0. The number of carbonyl (C=O) groups is 2. The number of carboxylic acids is 1. The van der Waals surface area contributed by atoms with Crippen LogP contribution in [0.3, 0.4) is 0 Å². The summed E-state index contributed by atoms with van der Waals surface area (Å²) in [6.07, 6.45) is 2.96. The fourth-order valence-electron chi connectivity index (χ4n) is 1.37. The Labute approximate surface area is 102 Å². The van der Waals surface area contributed by atoms with Gasteiger partial charge < -0.3 is 14.8 Å². The summed E-state index contributed by atoms with van der Waals surface area (Å²) in [5.74, 6) is -0.744. The van der Waals surface area contributed by atoms with Gasteiger partial charge in [0.1, 0.15) is 12.3 Å². The van der Waals surface area contributed by atoms with E-state index in [0.717, 1.165) is 0 Å². The van der Waals surface area contributed by atoms with Crippen LogP contribution in [-0.2, 0) is 17.9 Å². The average Bonchev–Trinajstić information content (AvgIpc) is 2.96. The van der Waals surface area contributed by atoms with Crippen LogP contribution in [-0.4, -0.2) is 26.8 Å². The maximum absolute atomic E-state index is 11.5. The number of nitrogens with zero attached hydrogens (tertiary/aromatic N) is 2. The summed E-state index contributed by atoms with van der Waals surface area (Å²) in [7, 11) is 0.